The highest BCUT2D eigenvalue weighted by Gasteiger charge is 2.25. The number of amides is 1. The highest BCUT2D eigenvalue weighted by atomic mass is 16.5. The molecule has 2 heterocycles. The molecule has 0 unspecified atom stereocenters. The number of para-hydroxylation sites is 2. The van der Waals surface area contributed by atoms with Crippen molar-refractivity contribution in [3.05, 3.63) is 82.3 Å². The SMILES string of the molecule is O=C(CCCOc1ccccc1)N1CCc2[nH]n(-c3ccccc3)c(=O)c2C1. The Morgan fingerprint density at radius 2 is 1.75 bits per heavy atom. The third-order valence-corrected chi connectivity index (χ3v) is 4.97. The quantitative estimate of drug-likeness (QED) is 0.672. The molecule has 1 N–H and O–H groups in total. The van der Waals surface area contributed by atoms with Gasteiger partial charge in [0.05, 0.1) is 24.4 Å². The number of hydrogen-bond donors (Lipinski definition) is 1. The number of aromatic nitrogens is 2. The van der Waals surface area contributed by atoms with E-state index in [2.05, 4.69) is 5.10 Å². The molecule has 0 saturated heterocycles. The Bertz CT molecular complexity index is 993. The van der Waals surface area contributed by atoms with E-state index in [1.54, 1.807) is 9.58 Å². The summed E-state index contributed by atoms with van der Waals surface area (Å²) in [6, 6.07) is 19.1. The summed E-state index contributed by atoms with van der Waals surface area (Å²) in [7, 11) is 0. The zero-order valence-corrected chi connectivity index (χ0v) is 15.6. The van der Waals surface area contributed by atoms with E-state index in [4.69, 9.17) is 4.74 Å². The second kappa shape index (κ2) is 8.17. The molecule has 0 spiro atoms. The van der Waals surface area contributed by atoms with Crippen molar-refractivity contribution in [1.29, 1.82) is 0 Å². The van der Waals surface area contributed by atoms with Crippen molar-refractivity contribution in [2.75, 3.05) is 13.2 Å². The predicted octanol–water partition coefficient (Wildman–Crippen LogP) is 2.91. The number of aromatic amines is 1. The third-order valence-electron chi connectivity index (χ3n) is 4.97. The second-order valence-electron chi connectivity index (χ2n) is 6.88. The molecule has 28 heavy (non-hydrogen) atoms. The molecule has 1 amide bonds. The smallest absolute Gasteiger partial charge is 0.276 e. The fourth-order valence-electron chi connectivity index (χ4n) is 3.46. The molecule has 6 nitrogen and oxygen atoms in total. The molecule has 0 radical (unpaired) electrons. The molecule has 144 valence electrons. The Labute approximate surface area is 163 Å². The van der Waals surface area contributed by atoms with Gasteiger partial charge in [0.15, 0.2) is 0 Å². The van der Waals surface area contributed by atoms with E-state index in [0.717, 1.165) is 17.1 Å². The topological polar surface area (TPSA) is 67.3 Å². The fraction of sp³-hybridized carbons (Fsp3) is 0.273. The number of nitrogens with zero attached hydrogens (tertiary/aromatic N) is 2. The Morgan fingerprint density at radius 1 is 1.04 bits per heavy atom. The molecule has 6 heteroatoms. The van der Waals surface area contributed by atoms with E-state index >= 15 is 0 Å². The molecule has 0 fully saturated rings. The summed E-state index contributed by atoms with van der Waals surface area (Å²) in [4.78, 5) is 27.1. The van der Waals surface area contributed by atoms with Crippen LogP contribution in [0.15, 0.2) is 65.5 Å². The molecule has 3 aromatic rings. The van der Waals surface area contributed by atoms with Crippen LogP contribution in [0.1, 0.15) is 24.1 Å². The van der Waals surface area contributed by atoms with Crippen LogP contribution in [-0.4, -0.2) is 33.7 Å². The van der Waals surface area contributed by atoms with Crippen LogP contribution in [0.25, 0.3) is 5.69 Å². The minimum atomic E-state index is -0.0777. The number of benzene rings is 2. The van der Waals surface area contributed by atoms with Gasteiger partial charge in [-0.1, -0.05) is 36.4 Å². The fourth-order valence-corrected chi connectivity index (χ4v) is 3.46. The van der Waals surface area contributed by atoms with Crippen LogP contribution in [0.4, 0.5) is 0 Å². The van der Waals surface area contributed by atoms with Gasteiger partial charge in [0, 0.05) is 25.1 Å². The van der Waals surface area contributed by atoms with Crippen molar-refractivity contribution in [2.45, 2.75) is 25.8 Å². The van der Waals surface area contributed by atoms with E-state index in [0.29, 0.717) is 44.5 Å². The minimum Gasteiger partial charge on any atom is -0.494 e. The molecule has 1 aromatic heterocycles. The van der Waals surface area contributed by atoms with Crippen molar-refractivity contribution in [3.8, 4) is 11.4 Å². The molecule has 0 atom stereocenters. The first kappa shape index (κ1) is 18.1. The van der Waals surface area contributed by atoms with E-state index < -0.39 is 0 Å². The zero-order chi connectivity index (χ0) is 19.3. The number of nitrogens with one attached hydrogen (secondary N) is 1. The van der Waals surface area contributed by atoms with Crippen LogP contribution < -0.4 is 10.3 Å². The molecular formula is C22H23N3O3. The van der Waals surface area contributed by atoms with E-state index in [1.807, 2.05) is 60.7 Å². The average Bonchev–Trinajstić information content (AvgIpc) is 3.08. The summed E-state index contributed by atoms with van der Waals surface area (Å²) >= 11 is 0. The highest BCUT2D eigenvalue weighted by Crippen LogP contribution is 2.17. The lowest BCUT2D eigenvalue weighted by Crippen LogP contribution is -2.37. The number of ether oxygens (including phenoxy) is 1. The van der Waals surface area contributed by atoms with Gasteiger partial charge in [-0.05, 0) is 30.7 Å². The largest absolute Gasteiger partial charge is 0.494 e. The van der Waals surface area contributed by atoms with Crippen molar-refractivity contribution >= 4 is 5.91 Å². The van der Waals surface area contributed by atoms with Crippen LogP contribution in [0.2, 0.25) is 0 Å². The Balaban J connectivity index is 1.35. The first-order chi connectivity index (χ1) is 13.7. The lowest BCUT2D eigenvalue weighted by molar-refractivity contribution is -0.132. The number of fused-ring (bicyclic) bond motifs is 1. The lowest BCUT2D eigenvalue weighted by atomic mass is 10.1. The molecule has 0 bridgehead atoms. The van der Waals surface area contributed by atoms with Gasteiger partial charge in [-0.3, -0.25) is 14.7 Å². The van der Waals surface area contributed by atoms with Gasteiger partial charge >= 0.3 is 0 Å². The number of rotatable bonds is 6. The maximum Gasteiger partial charge on any atom is 0.276 e. The molecular weight excluding hydrogens is 354 g/mol. The van der Waals surface area contributed by atoms with Gasteiger partial charge in [0.25, 0.3) is 5.56 Å². The van der Waals surface area contributed by atoms with Crippen molar-refractivity contribution in [2.24, 2.45) is 0 Å². The molecule has 0 saturated carbocycles. The molecule has 0 aliphatic carbocycles. The number of H-pyrrole nitrogens is 1. The lowest BCUT2D eigenvalue weighted by Gasteiger charge is -2.26. The molecule has 2 aromatic carbocycles. The Morgan fingerprint density at radius 3 is 2.50 bits per heavy atom. The minimum absolute atomic E-state index is 0.0640. The van der Waals surface area contributed by atoms with Gasteiger partial charge in [0.2, 0.25) is 5.91 Å². The van der Waals surface area contributed by atoms with Gasteiger partial charge < -0.3 is 9.64 Å². The normalized spacial score (nSPS) is 13.2. The maximum atomic E-state index is 12.8. The Hall–Kier alpha value is -3.28. The Kier molecular flexibility index (Phi) is 5.28. The zero-order valence-electron chi connectivity index (χ0n) is 15.6. The maximum absolute atomic E-state index is 12.8. The van der Waals surface area contributed by atoms with Gasteiger partial charge in [-0.15, -0.1) is 0 Å². The number of hydrogen-bond acceptors (Lipinski definition) is 3. The third kappa shape index (κ3) is 3.86. The van der Waals surface area contributed by atoms with Crippen molar-refractivity contribution in [3.63, 3.8) is 0 Å². The van der Waals surface area contributed by atoms with Crippen LogP contribution >= 0.6 is 0 Å². The van der Waals surface area contributed by atoms with Gasteiger partial charge in [-0.25, -0.2) is 4.68 Å². The van der Waals surface area contributed by atoms with E-state index in [-0.39, 0.29) is 11.5 Å². The number of carbonyl (C=O) groups is 1. The number of carbonyl (C=O) groups excluding carboxylic acids is 1. The van der Waals surface area contributed by atoms with E-state index in [9.17, 15) is 9.59 Å². The molecule has 1 aliphatic heterocycles. The highest BCUT2D eigenvalue weighted by molar-refractivity contribution is 5.76. The van der Waals surface area contributed by atoms with E-state index in [1.165, 1.54) is 0 Å². The molecule has 1 aliphatic rings. The summed E-state index contributed by atoms with van der Waals surface area (Å²) in [5, 5.41) is 3.19. The monoisotopic (exact) mass is 377 g/mol. The van der Waals surface area contributed by atoms with Crippen LogP contribution in [-0.2, 0) is 17.8 Å². The van der Waals surface area contributed by atoms with Gasteiger partial charge in [-0.2, -0.15) is 0 Å². The van der Waals surface area contributed by atoms with Crippen LogP contribution in [0.3, 0.4) is 0 Å². The first-order valence-corrected chi connectivity index (χ1v) is 9.56. The van der Waals surface area contributed by atoms with Crippen molar-refractivity contribution in [1.82, 2.24) is 14.7 Å². The molecule has 4 rings (SSSR count). The summed E-state index contributed by atoms with van der Waals surface area (Å²) in [5.41, 5.74) is 2.33. The second-order valence-corrected chi connectivity index (χ2v) is 6.88. The van der Waals surface area contributed by atoms with Crippen LogP contribution in [0, 0.1) is 0 Å². The average molecular weight is 377 g/mol. The summed E-state index contributed by atoms with van der Waals surface area (Å²) in [6.07, 6.45) is 1.73. The summed E-state index contributed by atoms with van der Waals surface area (Å²) in [6.45, 7) is 1.49. The summed E-state index contributed by atoms with van der Waals surface area (Å²) in [5.74, 6) is 0.875. The summed E-state index contributed by atoms with van der Waals surface area (Å²) < 4.78 is 7.20. The van der Waals surface area contributed by atoms with Gasteiger partial charge in [0.1, 0.15) is 5.75 Å². The van der Waals surface area contributed by atoms with Crippen LogP contribution in [0.5, 0.6) is 5.75 Å². The standard InChI is InChI=1S/C22H23N3O3/c26-21(12-7-15-28-18-10-5-2-6-11-18)24-14-13-20-19(16-24)22(27)25(23-20)17-8-3-1-4-9-17/h1-6,8-11,23H,7,12-16H2. The predicted molar refractivity (Wildman–Crippen MR) is 107 cm³/mol. The first-order valence-electron chi connectivity index (χ1n) is 9.56. The van der Waals surface area contributed by atoms with Crippen molar-refractivity contribution < 1.29 is 9.53 Å².